The number of hydrogen-bond donors (Lipinski definition) is 1. The monoisotopic (exact) mass is 384 g/mol. The summed E-state index contributed by atoms with van der Waals surface area (Å²) in [6.45, 7) is 0.390. The fraction of sp³-hybridized carbons (Fsp3) is 0.158. The fourth-order valence-electron chi connectivity index (χ4n) is 2.32. The van der Waals surface area contributed by atoms with Crippen LogP contribution in [0.3, 0.4) is 0 Å². The van der Waals surface area contributed by atoms with E-state index < -0.39 is 0 Å². The zero-order valence-electron chi connectivity index (χ0n) is 14.3. The van der Waals surface area contributed by atoms with E-state index in [0.29, 0.717) is 16.5 Å². The lowest BCUT2D eigenvalue weighted by molar-refractivity contribution is -0.123. The minimum absolute atomic E-state index is 0.124. The second-order valence-electron chi connectivity index (χ2n) is 5.61. The largest absolute Gasteiger partial charge is 0.484 e. The van der Waals surface area contributed by atoms with E-state index in [-0.39, 0.29) is 31.2 Å². The van der Waals surface area contributed by atoms with Crippen molar-refractivity contribution in [1.29, 1.82) is 0 Å². The molecule has 0 saturated carbocycles. The van der Waals surface area contributed by atoms with E-state index in [1.807, 2.05) is 12.1 Å². The topological polar surface area (TPSA) is 86.1 Å². The first-order valence-corrected chi connectivity index (χ1v) is 8.63. The van der Waals surface area contributed by atoms with Crippen LogP contribution in [0.2, 0.25) is 5.02 Å². The molecule has 2 heterocycles. The highest BCUT2D eigenvalue weighted by Crippen LogP contribution is 2.15. The molecule has 8 heteroatoms. The molecule has 0 aliphatic heterocycles. The van der Waals surface area contributed by atoms with Crippen LogP contribution in [-0.2, 0) is 11.3 Å². The van der Waals surface area contributed by atoms with Crippen molar-refractivity contribution in [2.45, 2.75) is 6.54 Å². The maximum absolute atomic E-state index is 12.0. The van der Waals surface area contributed by atoms with Gasteiger partial charge in [0.1, 0.15) is 5.75 Å². The molecule has 0 atom stereocenters. The molecule has 1 amide bonds. The number of hydrogen-bond acceptors (Lipinski definition) is 5. The van der Waals surface area contributed by atoms with Gasteiger partial charge in [0.2, 0.25) is 0 Å². The summed E-state index contributed by atoms with van der Waals surface area (Å²) in [5, 5.41) is 7.62. The zero-order chi connectivity index (χ0) is 19.1. The molecule has 0 spiro atoms. The standard InChI is InChI=1S/C19H17ClN4O3/c20-15-1-3-16(4-2-15)27-13-18(25)22-11-12-24-19(26)6-5-17(23-24)14-7-9-21-10-8-14/h1-10H,11-13H2,(H,22,25). The van der Waals surface area contributed by atoms with E-state index in [1.165, 1.54) is 10.7 Å². The number of aromatic nitrogens is 3. The van der Waals surface area contributed by atoms with Crippen LogP contribution in [0.4, 0.5) is 0 Å². The van der Waals surface area contributed by atoms with Crippen LogP contribution in [0.15, 0.2) is 65.7 Å². The van der Waals surface area contributed by atoms with E-state index in [0.717, 1.165) is 5.56 Å². The second kappa shape index (κ2) is 8.95. The maximum atomic E-state index is 12.0. The first kappa shape index (κ1) is 18.6. The van der Waals surface area contributed by atoms with Gasteiger partial charge in [-0.25, -0.2) is 4.68 Å². The van der Waals surface area contributed by atoms with Crippen LogP contribution in [0, 0.1) is 0 Å². The highest BCUT2D eigenvalue weighted by molar-refractivity contribution is 6.30. The number of nitrogens with zero attached hydrogens (tertiary/aromatic N) is 3. The molecule has 0 unspecified atom stereocenters. The smallest absolute Gasteiger partial charge is 0.266 e. The van der Waals surface area contributed by atoms with Crippen molar-refractivity contribution < 1.29 is 9.53 Å². The molecule has 138 valence electrons. The van der Waals surface area contributed by atoms with Gasteiger partial charge in [0.25, 0.3) is 11.5 Å². The summed E-state index contributed by atoms with van der Waals surface area (Å²) in [5.41, 5.74) is 1.29. The number of halogens is 1. The molecular weight excluding hydrogens is 368 g/mol. The number of benzene rings is 1. The molecule has 7 nitrogen and oxygen atoms in total. The van der Waals surface area contributed by atoms with Gasteiger partial charge in [0.15, 0.2) is 6.61 Å². The number of carbonyl (C=O) groups excluding carboxylic acids is 1. The highest BCUT2D eigenvalue weighted by atomic mass is 35.5. The molecule has 0 bridgehead atoms. The lowest BCUT2D eigenvalue weighted by Gasteiger charge is -2.09. The Balaban J connectivity index is 1.51. The Labute approximate surface area is 160 Å². The number of ether oxygens (including phenoxy) is 1. The Hall–Kier alpha value is -3.19. The summed E-state index contributed by atoms with van der Waals surface area (Å²) in [7, 11) is 0. The lowest BCUT2D eigenvalue weighted by atomic mass is 10.2. The van der Waals surface area contributed by atoms with Gasteiger partial charge in [-0.1, -0.05) is 11.6 Å². The van der Waals surface area contributed by atoms with Crippen molar-refractivity contribution in [2.24, 2.45) is 0 Å². The van der Waals surface area contributed by atoms with Gasteiger partial charge >= 0.3 is 0 Å². The van der Waals surface area contributed by atoms with Crippen molar-refractivity contribution in [1.82, 2.24) is 20.1 Å². The normalized spacial score (nSPS) is 10.4. The number of rotatable bonds is 7. The third-order valence-corrected chi connectivity index (χ3v) is 3.92. The molecular formula is C19H17ClN4O3. The summed E-state index contributed by atoms with van der Waals surface area (Å²) in [5.74, 6) is 0.265. The van der Waals surface area contributed by atoms with Gasteiger partial charge in [-0.15, -0.1) is 0 Å². The van der Waals surface area contributed by atoms with Crippen molar-refractivity contribution >= 4 is 17.5 Å². The molecule has 3 aromatic rings. The van der Waals surface area contributed by atoms with Crippen LogP contribution >= 0.6 is 11.6 Å². The summed E-state index contributed by atoms with van der Waals surface area (Å²) < 4.78 is 6.68. The summed E-state index contributed by atoms with van der Waals surface area (Å²) >= 11 is 5.79. The van der Waals surface area contributed by atoms with Crippen LogP contribution in [0.1, 0.15) is 0 Å². The van der Waals surface area contributed by atoms with E-state index in [2.05, 4.69) is 15.4 Å². The first-order chi connectivity index (χ1) is 13.1. The first-order valence-electron chi connectivity index (χ1n) is 8.25. The predicted octanol–water partition coefficient (Wildman–Crippen LogP) is 2.15. The average Bonchev–Trinajstić information content (AvgIpc) is 2.69. The molecule has 2 aromatic heterocycles. The summed E-state index contributed by atoms with van der Waals surface area (Å²) in [6.07, 6.45) is 3.32. The summed E-state index contributed by atoms with van der Waals surface area (Å²) in [4.78, 5) is 27.8. The molecule has 0 saturated heterocycles. The Bertz CT molecular complexity index is 959. The Morgan fingerprint density at radius 3 is 2.56 bits per heavy atom. The molecule has 1 N–H and O–H groups in total. The van der Waals surface area contributed by atoms with Gasteiger partial charge in [-0.3, -0.25) is 14.6 Å². The molecule has 0 radical (unpaired) electrons. The molecule has 27 heavy (non-hydrogen) atoms. The molecule has 3 rings (SSSR count). The van der Waals surface area contributed by atoms with Gasteiger partial charge in [-0.05, 0) is 42.5 Å². The number of carbonyl (C=O) groups is 1. The maximum Gasteiger partial charge on any atom is 0.266 e. The second-order valence-corrected chi connectivity index (χ2v) is 6.04. The van der Waals surface area contributed by atoms with Crippen LogP contribution in [-0.4, -0.2) is 33.8 Å². The van der Waals surface area contributed by atoms with Crippen LogP contribution in [0.25, 0.3) is 11.3 Å². The van der Waals surface area contributed by atoms with Crippen molar-refractivity contribution in [3.05, 3.63) is 76.3 Å². The van der Waals surface area contributed by atoms with Crippen molar-refractivity contribution in [3.8, 4) is 17.0 Å². The third kappa shape index (κ3) is 5.39. The van der Waals surface area contributed by atoms with Gasteiger partial charge in [0, 0.05) is 35.6 Å². The Morgan fingerprint density at radius 1 is 1.07 bits per heavy atom. The minimum atomic E-state index is -0.289. The van der Waals surface area contributed by atoms with E-state index in [9.17, 15) is 9.59 Å². The minimum Gasteiger partial charge on any atom is -0.484 e. The van der Waals surface area contributed by atoms with E-state index in [1.54, 1.807) is 42.7 Å². The third-order valence-electron chi connectivity index (χ3n) is 3.67. The van der Waals surface area contributed by atoms with Crippen molar-refractivity contribution in [3.63, 3.8) is 0 Å². The SMILES string of the molecule is O=C(COc1ccc(Cl)cc1)NCCn1nc(-c2ccncc2)ccc1=O. The van der Waals surface area contributed by atoms with E-state index in [4.69, 9.17) is 16.3 Å². The quantitative estimate of drug-likeness (QED) is 0.674. The number of nitrogens with one attached hydrogen (secondary N) is 1. The Morgan fingerprint density at radius 2 is 1.81 bits per heavy atom. The van der Waals surface area contributed by atoms with E-state index >= 15 is 0 Å². The predicted molar refractivity (Wildman–Crippen MR) is 102 cm³/mol. The number of amides is 1. The lowest BCUT2D eigenvalue weighted by Crippen LogP contribution is -2.34. The van der Waals surface area contributed by atoms with Gasteiger partial charge in [-0.2, -0.15) is 5.10 Å². The molecule has 1 aromatic carbocycles. The van der Waals surface area contributed by atoms with Crippen LogP contribution in [0.5, 0.6) is 5.75 Å². The average molecular weight is 385 g/mol. The van der Waals surface area contributed by atoms with Gasteiger partial charge < -0.3 is 10.1 Å². The zero-order valence-corrected chi connectivity index (χ0v) is 15.1. The van der Waals surface area contributed by atoms with Crippen LogP contribution < -0.4 is 15.6 Å². The fourth-order valence-corrected chi connectivity index (χ4v) is 2.44. The molecule has 0 fully saturated rings. The number of pyridine rings is 1. The van der Waals surface area contributed by atoms with Gasteiger partial charge in [0.05, 0.1) is 12.2 Å². The highest BCUT2D eigenvalue weighted by Gasteiger charge is 2.06. The Kier molecular flexibility index (Phi) is 6.17. The summed E-state index contributed by atoms with van der Waals surface area (Å²) in [6, 6.07) is 13.5. The molecule has 0 aliphatic carbocycles. The molecule has 0 aliphatic rings. The van der Waals surface area contributed by atoms with Crippen molar-refractivity contribution in [2.75, 3.05) is 13.2 Å².